The largest absolute Gasteiger partial charge is 0.331 e. The molecule has 0 bridgehead atoms. The van der Waals surface area contributed by atoms with Crippen molar-refractivity contribution in [2.75, 3.05) is 5.32 Å². The van der Waals surface area contributed by atoms with Crippen molar-refractivity contribution in [3.05, 3.63) is 47.8 Å². The van der Waals surface area contributed by atoms with Crippen LogP contribution in [0.3, 0.4) is 0 Å². The third-order valence-corrected chi connectivity index (χ3v) is 5.14. The zero-order valence-corrected chi connectivity index (χ0v) is 16.8. The van der Waals surface area contributed by atoms with E-state index >= 15 is 0 Å². The van der Waals surface area contributed by atoms with E-state index < -0.39 is 22.7 Å². The van der Waals surface area contributed by atoms with Crippen molar-refractivity contribution in [1.82, 2.24) is 19.5 Å². The fourth-order valence-electron chi connectivity index (χ4n) is 3.22. The molecular formula is C20H12B4FN5O. The van der Waals surface area contributed by atoms with Crippen LogP contribution in [-0.4, -0.2) is 56.8 Å². The van der Waals surface area contributed by atoms with E-state index in [1.54, 1.807) is 12.4 Å². The number of benzene rings is 2. The number of anilines is 1. The predicted molar refractivity (Wildman–Crippen MR) is 122 cm³/mol. The van der Waals surface area contributed by atoms with Crippen LogP contribution in [-0.2, 0) is 7.05 Å². The third kappa shape index (κ3) is 3.54. The first kappa shape index (κ1) is 20.9. The number of hydrogen-bond acceptors (Lipinski definition) is 4. The standard InChI is InChI=1S/C20H12B4FN5O/c1-8-26-7-12(30(8)2)9-3-4-10-6-27-20(28-11(10)5-9)29-19(31)13-14(21)16(23)18(25)17(24)15(13)22/h3-7H,1-2H3,(H,27,28,29,31). The van der Waals surface area contributed by atoms with Crippen LogP contribution in [0.2, 0.25) is 0 Å². The quantitative estimate of drug-likeness (QED) is 0.444. The highest BCUT2D eigenvalue weighted by Gasteiger charge is 2.19. The molecule has 4 aromatic rings. The number of carbonyl (C=O) groups excluding carboxylic acids is 1. The molecule has 2 aromatic carbocycles. The maximum atomic E-state index is 13.9. The second-order valence-electron chi connectivity index (χ2n) is 7.01. The van der Waals surface area contributed by atoms with Gasteiger partial charge in [-0.15, -0.1) is 0 Å². The molecule has 31 heavy (non-hydrogen) atoms. The molecule has 0 aliphatic rings. The highest BCUT2D eigenvalue weighted by molar-refractivity contribution is 6.59. The summed E-state index contributed by atoms with van der Waals surface area (Å²) in [6.45, 7) is 1.91. The maximum Gasteiger partial charge on any atom is 0.256 e. The SMILES string of the molecule is [B]c1c([B])c(C(=O)Nc2ncc3ccc(-c4cnc(C)n4C)cc3n2)c([B])c([B])c1F. The molecule has 142 valence electrons. The van der Waals surface area contributed by atoms with Gasteiger partial charge < -0.3 is 4.57 Å². The molecule has 0 aliphatic carbocycles. The van der Waals surface area contributed by atoms with Crippen LogP contribution in [0.5, 0.6) is 0 Å². The number of amides is 1. The van der Waals surface area contributed by atoms with Gasteiger partial charge in [-0.2, -0.15) is 0 Å². The third-order valence-electron chi connectivity index (χ3n) is 5.14. The molecule has 0 saturated carbocycles. The number of halogens is 1. The normalized spacial score (nSPS) is 11.1. The van der Waals surface area contributed by atoms with Gasteiger partial charge in [-0.25, -0.2) is 19.3 Å². The van der Waals surface area contributed by atoms with Gasteiger partial charge in [0.2, 0.25) is 5.95 Å². The summed E-state index contributed by atoms with van der Waals surface area (Å²) < 4.78 is 15.9. The molecular weight excluding hydrogens is 389 g/mol. The molecule has 1 N–H and O–H groups in total. The first-order valence-electron chi connectivity index (χ1n) is 9.17. The van der Waals surface area contributed by atoms with Gasteiger partial charge in [-0.05, 0) is 13.0 Å². The van der Waals surface area contributed by atoms with Crippen molar-refractivity contribution >= 4 is 76.0 Å². The Morgan fingerprint density at radius 2 is 1.71 bits per heavy atom. The number of rotatable bonds is 3. The number of nitrogens with one attached hydrogen (secondary N) is 1. The monoisotopic (exact) mass is 401 g/mol. The number of carbonyl (C=O) groups is 1. The summed E-state index contributed by atoms with van der Waals surface area (Å²) in [5.74, 6) is -0.840. The molecule has 11 heteroatoms. The number of aryl methyl sites for hydroxylation is 1. The Hall–Kier alpha value is -3.35. The van der Waals surface area contributed by atoms with E-state index in [1.807, 2.05) is 36.7 Å². The lowest BCUT2D eigenvalue weighted by molar-refractivity contribution is 0.102. The van der Waals surface area contributed by atoms with Gasteiger partial charge in [0.25, 0.3) is 5.91 Å². The lowest BCUT2D eigenvalue weighted by Crippen LogP contribution is -2.49. The first-order chi connectivity index (χ1) is 14.7. The fourth-order valence-corrected chi connectivity index (χ4v) is 3.22. The van der Waals surface area contributed by atoms with E-state index in [9.17, 15) is 9.18 Å². The Morgan fingerprint density at radius 3 is 2.32 bits per heavy atom. The van der Waals surface area contributed by atoms with Crippen LogP contribution in [0, 0.1) is 12.7 Å². The minimum Gasteiger partial charge on any atom is -0.331 e. The number of hydrogen-bond donors (Lipinski definition) is 1. The molecule has 4 rings (SSSR count). The predicted octanol–water partition coefficient (Wildman–Crippen LogP) is -1.09. The second kappa shape index (κ2) is 7.72. The summed E-state index contributed by atoms with van der Waals surface area (Å²) in [7, 11) is 24.7. The van der Waals surface area contributed by atoms with Crippen molar-refractivity contribution in [2.24, 2.45) is 7.05 Å². The number of nitrogens with zero attached hydrogens (tertiary/aromatic N) is 4. The summed E-state index contributed by atoms with van der Waals surface area (Å²) in [5, 5.41) is 3.28. The molecule has 0 aliphatic heterocycles. The van der Waals surface area contributed by atoms with E-state index in [0.29, 0.717) is 5.52 Å². The maximum absolute atomic E-state index is 13.9. The average Bonchev–Trinajstić information content (AvgIpc) is 3.09. The van der Waals surface area contributed by atoms with Crippen LogP contribution >= 0.6 is 0 Å². The molecule has 2 aromatic heterocycles. The lowest BCUT2D eigenvalue weighted by Gasteiger charge is -2.17. The van der Waals surface area contributed by atoms with Crippen molar-refractivity contribution < 1.29 is 9.18 Å². The van der Waals surface area contributed by atoms with E-state index in [0.717, 1.165) is 22.5 Å². The van der Waals surface area contributed by atoms with Crippen LogP contribution in [0.25, 0.3) is 22.2 Å². The smallest absolute Gasteiger partial charge is 0.256 e. The molecule has 0 atom stereocenters. The fraction of sp³-hybridized carbons (Fsp3) is 0.100. The molecule has 8 radical (unpaired) electrons. The minimum atomic E-state index is -0.966. The summed E-state index contributed by atoms with van der Waals surface area (Å²) in [6.07, 6.45) is 3.34. The van der Waals surface area contributed by atoms with Gasteiger partial charge in [-0.1, -0.05) is 34.0 Å². The highest BCUT2D eigenvalue weighted by atomic mass is 19.1. The Morgan fingerprint density at radius 1 is 1.03 bits per heavy atom. The number of imidazole rings is 1. The van der Waals surface area contributed by atoms with Gasteiger partial charge in [0.1, 0.15) is 43.0 Å². The van der Waals surface area contributed by atoms with Crippen molar-refractivity contribution in [3.8, 4) is 11.3 Å². The highest BCUT2D eigenvalue weighted by Crippen LogP contribution is 2.24. The number of aromatic nitrogens is 4. The summed E-state index contributed by atoms with van der Waals surface area (Å²) in [4.78, 5) is 25.6. The number of fused-ring (bicyclic) bond motifs is 1. The molecule has 0 unspecified atom stereocenters. The van der Waals surface area contributed by atoms with E-state index in [-0.39, 0.29) is 22.4 Å². The Bertz CT molecular complexity index is 1340. The Labute approximate surface area is 183 Å². The van der Waals surface area contributed by atoms with E-state index in [4.69, 9.17) is 31.4 Å². The minimum absolute atomic E-state index is 0.0103. The van der Waals surface area contributed by atoms with Crippen molar-refractivity contribution in [2.45, 2.75) is 6.92 Å². The Balaban J connectivity index is 1.71. The van der Waals surface area contributed by atoms with E-state index in [1.165, 1.54) is 0 Å². The van der Waals surface area contributed by atoms with Gasteiger partial charge in [0, 0.05) is 29.8 Å². The van der Waals surface area contributed by atoms with Crippen LogP contribution in [0.4, 0.5) is 10.3 Å². The molecule has 0 fully saturated rings. The summed E-state index contributed by atoms with van der Waals surface area (Å²) in [6, 6.07) is 5.67. The van der Waals surface area contributed by atoms with Gasteiger partial charge in [-0.3, -0.25) is 10.1 Å². The van der Waals surface area contributed by atoms with Crippen LogP contribution in [0.15, 0.2) is 30.6 Å². The Kier molecular flexibility index (Phi) is 5.21. The lowest BCUT2D eigenvalue weighted by atomic mass is 9.66. The zero-order chi connectivity index (χ0) is 22.4. The topological polar surface area (TPSA) is 72.7 Å². The first-order valence-corrected chi connectivity index (χ1v) is 9.17. The molecule has 0 spiro atoms. The summed E-state index contributed by atoms with van der Waals surface area (Å²) in [5.41, 5.74) is 0.660. The van der Waals surface area contributed by atoms with Gasteiger partial charge in [0.05, 0.1) is 17.4 Å². The van der Waals surface area contributed by atoms with Gasteiger partial charge in [0.15, 0.2) is 0 Å². The van der Waals surface area contributed by atoms with Crippen molar-refractivity contribution in [3.63, 3.8) is 0 Å². The second-order valence-corrected chi connectivity index (χ2v) is 7.01. The van der Waals surface area contributed by atoms with Crippen LogP contribution < -0.4 is 27.2 Å². The molecule has 6 nitrogen and oxygen atoms in total. The molecule has 0 saturated heterocycles. The van der Waals surface area contributed by atoms with E-state index in [2.05, 4.69) is 20.3 Å². The van der Waals surface area contributed by atoms with Crippen LogP contribution in [0.1, 0.15) is 16.2 Å². The molecule has 2 heterocycles. The van der Waals surface area contributed by atoms with Crippen molar-refractivity contribution in [1.29, 1.82) is 0 Å². The van der Waals surface area contributed by atoms with Gasteiger partial charge >= 0.3 is 0 Å². The molecule has 1 amide bonds. The zero-order valence-electron chi connectivity index (χ0n) is 16.8. The summed E-state index contributed by atoms with van der Waals surface area (Å²) >= 11 is 0. The average molecular weight is 401 g/mol.